The number of carbonyl (C=O) groups excluding carboxylic acids is 1. The monoisotopic (exact) mass is 247 g/mol. The Morgan fingerprint density at radius 3 is 2.78 bits per heavy atom. The SMILES string of the molecule is C=CC1CC(=O)N(c2ccnn2C(C)C(C)C)C1. The van der Waals surface area contributed by atoms with Gasteiger partial charge in [0.15, 0.2) is 0 Å². The molecule has 2 unspecified atom stereocenters. The maximum atomic E-state index is 12.0. The van der Waals surface area contributed by atoms with Gasteiger partial charge in [-0.15, -0.1) is 6.58 Å². The molecule has 1 fully saturated rings. The summed E-state index contributed by atoms with van der Waals surface area (Å²) in [5, 5.41) is 4.36. The lowest BCUT2D eigenvalue weighted by atomic mass is 10.1. The van der Waals surface area contributed by atoms with E-state index in [2.05, 4.69) is 32.4 Å². The van der Waals surface area contributed by atoms with Gasteiger partial charge in [0, 0.05) is 24.9 Å². The highest BCUT2D eigenvalue weighted by atomic mass is 16.2. The third-order valence-electron chi connectivity index (χ3n) is 3.76. The molecule has 1 aliphatic heterocycles. The van der Waals surface area contributed by atoms with E-state index in [9.17, 15) is 4.79 Å². The van der Waals surface area contributed by atoms with E-state index in [1.54, 1.807) is 6.20 Å². The van der Waals surface area contributed by atoms with Crippen LogP contribution in [0.2, 0.25) is 0 Å². The second kappa shape index (κ2) is 4.96. The topological polar surface area (TPSA) is 38.1 Å². The van der Waals surface area contributed by atoms with Gasteiger partial charge in [-0.2, -0.15) is 5.10 Å². The Morgan fingerprint density at radius 2 is 2.22 bits per heavy atom. The molecule has 0 saturated carbocycles. The van der Waals surface area contributed by atoms with Gasteiger partial charge >= 0.3 is 0 Å². The fraction of sp³-hybridized carbons (Fsp3) is 0.571. The average molecular weight is 247 g/mol. The van der Waals surface area contributed by atoms with Crippen LogP contribution < -0.4 is 4.90 Å². The summed E-state index contributed by atoms with van der Waals surface area (Å²) in [6.07, 6.45) is 4.19. The molecule has 98 valence electrons. The van der Waals surface area contributed by atoms with Gasteiger partial charge in [-0.25, -0.2) is 4.68 Å². The molecule has 0 N–H and O–H groups in total. The number of hydrogen-bond donors (Lipinski definition) is 0. The van der Waals surface area contributed by atoms with Crippen LogP contribution in [0.15, 0.2) is 24.9 Å². The molecule has 0 bridgehead atoms. The minimum atomic E-state index is 0.164. The fourth-order valence-electron chi connectivity index (χ4n) is 2.23. The van der Waals surface area contributed by atoms with Crippen LogP contribution in [0, 0.1) is 11.8 Å². The van der Waals surface area contributed by atoms with Crippen molar-refractivity contribution in [2.45, 2.75) is 33.2 Å². The lowest BCUT2D eigenvalue weighted by Crippen LogP contribution is -2.29. The minimum Gasteiger partial charge on any atom is -0.296 e. The molecule has 4 heteroatoms. The lowest BCUT2D eigenvalue weighted by Gasteiger charge is -2.23. The Balaban J connectivity index is 2.27. The second-order valence-corrected chi connectivity index (χ2v) is 5.32. The van der Waals surface area contributed by atoms with E-state index in [4.69, 9.17) is 0 Å². The summed E-state index contributed by atoms with van der Waals surface area (Å²) in [6, 6.07) is 2.20. The Hall–Kier alpha value is -1.58. The van der Waals surface area contributed by atoms with Crippen LogP contribution in [-0.4, -0.2) is 22.2 Å². The van der Waals surface area contributed by atoms with E-state index in [0.29, 0.717) is 12.3 Å². The number of rotatable bonds is 4. The summed E-state index contributed by atoms with van der Waals surface area (Å²) < 4.78 is 1.95. The summed E-state index contributed by atoms with van der Waals surface area (Å²) in [6.45, 7) is 11.0. The van der Waals surface area contributed by atoms with E-state index in [0.717, 1.165) is 12.4 Å². The molecule has 2 heterocycles. The average Bonchev–Trinajstić information content (AvgIpc) is 2.93. The van der Waals surface area contributed by atoms with Crippen LogP contribution in [0.4, 0.5) is 5.82 Å². The number of amides is 1. The van der Waals surface area contributed by atoms with E-state index < -0.39 is 0 Å². The van der Waals surface area contributed by atoms with Crippen LogP contribution in [0.1, 0.15) is 33.2 Å². The molecule has 1 aliphatic rings. The van der Waals surface area contributed by atoms with Crippen molar-refractivity contribution in [3.05, 3.63) is 24.9 Å². The maximum Gasteiger partial charge on any atom is 0.228 e. The number of anilines is 1. The summed E-state index contributed by atoms with van der Waals surface area (Å²) in [5.74, 6) is 1.81. The van der Waals surface area contributed by atoms with Gasteiger partial charge in [0.2, 0.25) is 5.91 Å². The number of nitrogens with zero attached hydrogens (tertiary/aromatic N) is 3. The number of hydrogen-bond acceptors (Lipinski definition) is 2. The number of aromatic nitrogens is 2. The highest BCUT2D eigenvalue weighted by Crippen LogP contribution is 2.29. The lowest BCUT2D eigenvalue weighted by molar-refractivity contribution is -0.117. The Bertz CT molecular complexity index is 450. The van der Waals surface area contributed by atoms with Gasteiger partial charge in [0.05, 0.1) is 12.2 Å². The van der Waals surface area contributed by atoms with Crippen LogP contribution in [0.25, 0.3) is 0 Å². The van der Waals surface area contributed by atoms with E-state index in [-0.39, 0.29) is 17.9 Å². The summed E-state index contributed by atoms with van der Waals surface area (Å²) >= 11 is 0. The summed E-state index contributed by atoms with van der Waals surface area (Å²) in [4.78, 5) is 13.9. The van der Waals surface area contributed by atoms with Crippen molar-refractivity contribution >= 4 is 11.7 Å². The summed E-state index contributed by atoms with van der Waals surface area (Å²) in [5.41, 5.74) is 0. The smallest absolute Gasteiger partial charge is 0.228 e. The van der Waals surface area contributed by atoms with Crippen molar-refractivity contribution in [3.63, 3.8) is 0 Å². The molecular formula is C14H21N3O. The first-order chi connectivity index (χ1) is 8.54. The van der Waals surface area contributed by atoms with Crippen LogP contribution in [0.3, 0.4) is 0 Å². The zero-order chi connectivity index (χ0) is 13.3. The maximum absolute atomic E-state index is 12.0. The van der Waals surface area contributed by atoms with Gasteiger partial charge in [0.25, 0.3) is 0 Å². The molecule has 0 aromatic carbocycles. The minimum absolute atomic E-state index is 0.164. The van der Waals surface area contributed by atoms with Crippen LogP contribution in [-0.2, 0) is 4.79 Å². The third kappa shape index (κ3) is 2.19. The largest absolute Gasteiger partial charge is 0.296 e. The van der Waals surface area contributed by atoms with E-state index >= 15 is 0 Å². The Labute approximate surface area is 108 Å². The van der Waals surface area contributed by atoms with Crippen molar-refractivity contribution in [3.8, 4) is 0 Å². The molecule has 1 amide bonds. The first-order valence-corrected chi connectivity index (χ1v) is 6.51. The molecule has 2 rings (SSSR count). The normalized spacial score (nSPS) is 21.7. The first kappa shape index (κ1) is 12.9. The van der Waals surface area contributed by atoms with E-state index in [1.807, 2.05) is 21.7 Å². The Morgan fingerprint density at radius 1 is 1.50 bits per heavy atom. The molecule has 0 spiro atoms. The molecule has 4 nitrogen and oxygen atoms in total. The zero-order valence-corrected chi connectivity index (χ0v) is 11.3. The van der Waals surface area contributed by atoms with Crippen LogP contribution >= 0.6 is 0 Å². The van der Waals surface area contributed by atoms with Crippen molar-refractivity contribution < 1.29 is 4.79 Å². The van der Waals surface area contributed by atoms with Crippen molar-refractivity contribution in [1.29, 1.82) is 0 Å². The van der Waals surface area contributed by atoms with Crippen molar-refractivity contribution in [2.24, 2.45) is 11.8 Å². The molecule has 1 aromatic heterocycles. The fourth-order valence-corrected chi connectivity index (χ4v) is 2.23. The molecule has 2 atom stereocenters. The summed E-state index contributed by atoms with van der Waals surface area (Å²) in [7, 11) is 0. The molecular weight excluding hydrogens is 226 g/mol. The highest BCUT2D eigenvalue weighted by molar-refractivity contribution is 5.95. The number of carbonyl (C=O) groups is 1. The zero-order valence-electron chi connectivity index (χ0n) is 11.3. The van der Waals surface area contributed by atoms with Gasteiger partial charge in [-0.3, -0.25) is 9.69 Å². The predicted molar refractivity (Wildman–Crippen MR) is 72.4 cm³/mol. The van der Waals surface area contributed by atoms with Gasteiger partial charge in [-0.1, -0.05) is 19.9 Å². The first-order valence-electron chi connectivity index (χ1n) is 6.51. The molecule has 18 heavy (non-hydrogen) atoms. The standard InChI is InChI=1S/C14H21N3O/c1-5-12-8-14(18)16(9-12)13-6-7-15-17(13)11(4)10(2)3/h5-7,10-12H,1,8-9H2,2-4H3. The predicted octanol–water partition coefficient (Wildman–Crippen LogP) is 2.64. The third-order valence-corrected chi connectivity index (χ3v) is 3.76. The van der Waals surface area contributed by atoms with Gasteiger partial charge in [-0.05, 0) is 12.8 Å². The highest BCUT2D eigenvalue weighted by Gasteiger charge is 2.31. The molecule has 0 radical (unpaired) electrons. The Kier molecular flexibility index (Phi) is 3.55. The quantitative estimate of drug-likeness (QED) is 0.767. The van der Waals surface area contributed by atoms with E-state index in [1.165, 1.54) is 0 Å². The van der Waals surface area contributed by atoms with Crippen molar-refractivity contribution in [1.82, 2.24) is 9.78 Å². The molecule has 0 aliphatic carbocycles. The second-order valence-electron chi connectivity index (χ2n) is 5.32. The van der Waals surface area contributed by atoms with Crippen LogP contribution in [0.5, 0.6) is 0 Å². The van der Waals surface area contributed by atoms with Gasteiger partial charge < -0.3 is 0 Å². The van der Waals surface area contributed by atoms with Crippen molar-refractivity contribution in [2.75, 3.05) is 11.4 Å². The molecule has 1 saturated heterocycles. The molecule has 1 aromatic rings. The van der Waals surface area contributed by atoms with Gasteiger partial charge in [0.1, 0.15) is 5.82 Å².